The summed E-state index contributed by atoms with van der Waals surface area (Å²) in [6, 6.07) is 4.86. The summed E-state index contributed by atoms with van der Waals surface area (Å²) in [6.07, 6.45) is 3.44. The van der Waals surface area contributed by atoms with Gasteiger partial charge in [0.1, 0.15) is 0 Å². The lowest BCUT2D eigenvalue weighted by molar-refractivity contribution is -0.387. The molecule has 1 aromatic heterocycles. The largest absolute Gasteiger partial charge is 0.349 e. The van der Waals surface area contributed by atoms with Gasteiger partial charge in [0.05, 0.1) is 9.82 Å². The summed E-state index contributed by atoms with van der Waals surface area (Å²) in [4.78, 5) is 28.2. The first-order valence-corrected chi connectivity index (χ1v) is 10.1. The molecule has 1 fully saturated rings. The predicted octanol–water partition coefficient (Wildman–Crippen LogP) is 3.51. The third-order valence-electron chi connectivity index (χ3n) is 4.32. The third-order valence-corrected chi connectivity index (χ3v) is 6.44. The normalized spacial score (nSPS) is 19.9. The number of nitrogens with two attached hydrogens (primary N) is 1. The molecule has 0 saturated heterocycles. The van der Waals surface area contributed by atoms with Crippen LogP contribution in [0.1, 0.15) is 41.7 Å². The van der Waals surface area contributed by atoms with E-state index in [-0.39, 0.29) is 23.7 Å². The van der Waals surface area contributed by atoms with Crippen LogP contribution in [0.25, 0.3) is 0 Å². The van der Waals surface area contributed by atoms with Crippen molar-refractivity contribution in [2.24, 2.45) is 5.73 Å². The number of rotatable bonds is 5. The molecule has 0 aliphatic heterocycles. The fourth-order valence-corrected chi connectivity index (χ4v) is 4.77. The van der Waals surface area contributed by atoms with E-state index in [1.807, 2.05) is 12.3 Å². The smallest absolute Gasteiger partial charge is 0.284 e. The number of hydrogen-bond acceptors (Lipinski definition) is 7. The highest BCUT2D eigenvalue weighted by atomic mass is 32.2. The van der Waals surface area contributed by atoms with Gasteiger partial charge < -0.3 is 11.1 Å². The second kappa shape index (κ2) is 8.15. The summed E-state index contributed by atoms with van der Waals surface area (Å²) in [6.45, 7) is 1.88. The van der Waals surface area contributed by atoms with Gasteiger partial charge in [0.2, 0.25) is 0 Å². The van der Waals surface area contributed by atoms with E-state index in [9.17, 15) is 14.9 Å². The highest BCUT2D eigenvalue weighted by Gasteiger charge is 2.23. The van der Waals surface area contributed by atoms with Gasteiger partial charge in [-0.1, -0.05) is 11.8 Å². The monoisotopic (exact) mass is 392 g/mol. The summed E-state index contributed by atoms with van der Waals surface area (Å²) in [5.74, 6) is -0.282. The summed E-state index contributed by atoms with van der Waals surface area (Å²) in [5.41, 5.74) is 6.97. The van der Waals surface area contributed by atoms with Crippen molar-refractivity contribution in [2.45, 2.75) is 53.9 Å². The van der Waals surface area contributed by atoms with Crippen molar-refractivity contribution < 1.29 is 9.72 Å². The quantitative estimate of drug-likeness (QED) is 0.595. The molecule has 26 heavy (non-hydrogen) atoms. The van der Waals surface area contributed by atoms with Crippen molar-refractivity contribution in [3.63, 3.8) is 0 Å². The number of carbonyl (C=O) groups is 1. The molecule has 0 atom stereocenters. The number of amides is 1. The molecule has 9 heteroatoms. The Labute approximate surface area is 159 Å². The number of hydrogen-bond donors (Lipinski definition) is 2. The van der Waals surface area contributed by atoms with Crippen LogP contribution < -0.4 is 11.1 Å². The van der Waals surface area contributed by atoms with Gasteiger partial charge in [-0.15, -0.1) is 11.3 Å². The van der Waals surface area contributed by atoms with Gasteiger partial charge in [0, 0.05) is 34.8 Å². The Morgan fingerprint density at radius 3 is 2.73 bits per heavy atom. The van der Waals surface area contributed by atoms with E-state index in [1.165, 1.54) is 29.2 Å². The van der Waals surface area contributed by atoms with E-state index in [0.29, 0.717) is 10.5 Å². The summed E-state index contributed by atoms with van der Waals surface area (Å²) >= 11 is 2.68. The molecule has 0 bridgehead atoms. The molecular weight excluding hydrogens is 372 g/mol. The van der Waals surface area contributed by atoms with E-state index >= 15 is 0 Å². The SMILES string of the molecule is Cc1csc(Sc2ccc(C(=O)NC3CCC(N)CC3)cc2[N+](=O)[O-])n1. The number of nitro benzene ring substituents is 1. The summed E-state index contributed by atoms with van der Waals surface area (Å²) in [7, 11) is 0. The van der Waals surface area contributed by atoms with Crippen molar-refractivity contribution >= 4 is 34.7 Å². The number of nitrogens with one attached hydrogen (secondary N) is 1. The Morgan fingerprint density at radius 1 is 1.38 bits per heavy atom. The van der Waals surface area contributed by atoms with Crippen LogP contribution in [0.5, 0.6) is 0 Å². The molecule has 1 saturated carbocycles. The van der Waals surface area contributed by atoms with E-state index < -0.39 is 4.92 Å². The maximum atomic E-state index is 12.5. The molecule has 7 nitrogen and oxygen atoms in total. The standard InChI is InChI=1S/C17H20N4O3S2/c1-10-9-25-17(19-10)26-15-7-2-11(8-14(15)21(23)24)16(22)20-13-5-3-12(18)4-6-13/h2,7-9,12-13H,3-6,18H2,1H3,(H,20,22). The first kappa shape index (κ1) is 18.8. The van der Waals surface area contributed by atoms with Crippen LogP contribution in [-0.2, 0) is 0 Å². The fraction of sp³-hybridized carbons (Fsp3) is 0.412. The minimum Gasteiger partial charge on any atom is -0.349 e. The molecule has 0 spiro atoms. The van der Waals surface area contributed by atoms with Gasteiger partial charge in [0.25, 0.3) is 11.6 Å². The number of nitrogens with zero attached hydrogens (tertiary/aromatic N) is 2. The van der Waals surface area contributed by atoms with Crippen LogP contribution in [0.4, 0.5) is 5.69 Å². The molecule has 0 radical (unpaired) electrons. The molecular formula is C17H20N4O3S2. The first-order chi connectivity index (χ1) is 12.4. The van der Waals surface area contributed by atoms with Crippen molar-refractivity contribution in [1.29, 1.82) is 0 Å². The van der Waals surface area contributed by atoms with Crippen LogP contribution in [0, 0.1) is 17.0 Å². The molecule has 3 rings (SSSR count). The lowest BCUT2D eigenvalue weighted by Crippen LogP contribution is -2.40. The van der Waals surface area contributed by atoms with Crippen LogP contribution in [0.15, 0.2) is 32.8 Å². The molecule has 0 unspecified atom stereocenters. The summed E-state index contributed by atoms with van der Waals surface area (Å²) < 4.78 is 0.737. The lowest BCUT2D eigenvalue weighted by Gasteiger charge is -2.26. The maximum absolute atomic E-state index is 12.5. The average molecular weight is 393 g/mol. The zero-order valence-corrected chi connectivity index (χ0v) is 15.9. The molecule has 2 aromatic rings. The maximum Gasteiger partial charge on any atom is 0.284 e. The second-order valence-corrected chi connectivity index (χ2v) is 8.53. The lowest BCUT2D eigenvalue weighted by atomic mass is 9.91. The third kappa shape index (κ3) is 4.60. The molecule has 1 aliphatic rings. The Bertz CT molecular complexity index is 816. The van der Waals surface area contributed by atoms with Gasteiger partial charge in [-0.25, -0.2) is 4.98 Å². The first-order valence-electron chi connectivity index (χ1n) is 8.37. The number of aromatic nitrogens is 1. The molecule has 1 amide bonds. The molecule has 3 N–H and O–H groups in total. The van der Waals surface area contributed by atoms with Gasteiger partial charge in [-0.05, 0) is 44.7 Å². The highest BCUT2D eigenvalue weighted by Crippen LogP contribution is 2.36. The van der Waals surface area contributed by atoms with Crippen LogP contribution in [-0.4, -0.2) is 27.9 Å². The Balaban J connectivity index is 1.75. The number of thiazole rings is 1. The van der Waals surface area contributed by atoms with Crippen molar-refractivity contribution in [3.8, 4) is 0 Å². The van der Waals surface area contributed by atoms with Crippen molar-refractivity contribution in [1.82, 2.24) is 10.3 Å². The topological polar surface area (TPSA) is 111 Å². The van der Waals surface area contributed by atoms with E-state index in [4.69, 9.17) is 5.73 Å². The fourth-order valence-electron chi connectivity index (χ4n) is 2.89. The van der Waals surface area contributed by atoms with Crippen LogP contribution in [0.2, 0.25) is 0 Å². The second-order valence-electron chi connectivity index (χ2n) is 6.38. The number of aryl methyl sites for hydroxylation is 1. The zero-order chi connectivity index (χ0) is 18.7. The van der Waals surface area contributed by atoms with Gasteiger partial charge in [-0.3, -0.25) is 14.9 Å². The van der Waals surface area contributed by atoms with Gasteiger partial charge >= 0.3 is 0 Å². The van der Waals surface area contributed by atoms with Crippen LogP contribution >= 0.6 is 23.1 Å². The number of carbonyl (C=O) groups excluding carboxylic acids is 1. The molecule has 1 heterocycles. The zero-order valence-electron chi connectivity index (χ0n) is 14.3. The van der Waals surface area contributed by atoms with Gasteiger partial charge in [-0.2, -0.15) is 0 Å². The van der Waals surface area contributed by atoms with Crippen LogP contribution in [0.3, 0.4) is 0 Å². The number of nitro groups is 1. The average Bonchev–Trinajstić information content (AvgIpc) is 3.02. The predicted molar refractivity (Wildman–Crippen MR) is 102 cm³/mol. The van der Waals surface area contributed by atoms with Crippen molar-refractivity contribution in [3.05, 3.63) is 45.0 Å². The molecule has 1 aromatic carbocycles. The highest BCUT2D eigenvalue weighted by molar-refractivity contribution is 8.01. The van der Waals surface area contributed by atoms with E-state index in [1.54, 1.807) is 12.1 Å². The summed E-state index contributed by atoms with van der Waals surface area (Å²) in [5, 5.41) is 16.3. The van der Waals surface area contributed by atoms with E-state index in [2.05, 4.69) is 10.3 Å². The number of benzene rings is 1. The Kier molecular flexibility index (Phi) is 5.90. The minimum absolute atomic E-state index is 0.0775. The van der Waals surface area contributed by atoms with Gasteiger partial charge in [0.15, 0.2) is 4.34 Å². The molecule has 138 valence electrons. The Hall–Kier alpha value is -1.97. The molecule has 1 aliphatic carbocycles. The minimum atomic E-state index is -0.459. The Morgan fingerprint density at radius 2 is 2.12 bits per heavy atom. The van der Waals surface area contributed by atoms with E-state index in [0.717, 1.165) is 35.7 Å². The van der Waals surface area contributed by atoms with Crippen molar-refractivity contribution in [2.75, 3.05) is 0 Å².